The predicted molar refractivity (Wildman–Crippen MR) is 41.9 cm³/mol. The third kappa shape index (κ3) is 1.31. The summed E-state index contributed by atoms with van der Waals surface area (Å²) in [5.74, 6) is -1.10. The van der Waals surface area contributed by atoms with E-state index in [2.05, 4.69) is 4.74 Å². The van der Waals surface area contributed by atoms with Crippen molar-refractivity contribution in [2.45, 2.75) is 0 Å². The van der Waals surface area contributed by atoms with Crippen LogP contribution in [-0.4, -0.2) is 41.5 Å². The molecular formula is C8H4NaO3. The largest absolute Gasteiger partial charge is 0.386 e. The van der Waals surface area contributed by atoms with Crippen molar-refractivity contribution < 1.29 is 14.3 Å². The monoisotopic (exact) mass is 171 g/mol. The van der Waals surface area contributed by atoms with Crippen LogP contribution >= 0.6 is 0 Å². The van der Waals surface area contributed by atoms with Crippen LogP contribution in [0, 0.1) is 0 Å². The smallest absolute Gasteiger partial charge is 0.346 e. The minimum absolute atomic E-state index is 0. The molecule has 0 unspecified atom stereocenters. The molecule has 1 heterocycles. The zero-order chi connectivity index (χ0) is 7.84. The molecule has 0 fully saturated rings. The molecule has 1 aliphatic heterocycles. The van der Waals surface area contributed by atoms with Gasteiger partial charge in [0.05, 0.1) is 11.1 Å². The number of carbonyl (C=O) groups excluding carboxylic acids is 2. The molecule has 1 aromatic carbocycles. The molecule has 0 saturated carbocycles. The Bertz CT molecular complexity index is 313. The molecule has 0 aliphatic carbocycles. The summed E-state index contributed by atoms with van der Waals surface area (Å²) >= 11 is 0. The van der Waals surface area contributed by atoms with Gasteiger partial charge in [-0.05, 0) is 12.1 Å². The summed E-state index contributed by atoms with van der Waals surface area (Å²) in [5.41, 5.74) is 0.718. The zero-order valence-corrected chi connectivity index (χ0v) is 8.53. The number of benzene rings is 1. The van der Waals surface area contributed by atoms with Gasteiger partial charge in [0.15, 0.2) is 0 Å². The van der Waals surface area contributed by atoms with E-state index in [1.165, 1.54) is 0 Å². The number of rotatable bonds is 0. The fourth-order valence-corrected chi connectivity index (χ4v) is 1.03. The normalized spacial score (nSPS) is 13.3. The first-order valence-electron chi connectivity index (χ1n) is 3.14. The summed E-state index contributed by atoms with van der Waals surface area (Å²) in [4.78, 5) is 21.7. The molecule has 0 spiro atoms. The van der Waals surface area contributed by atoms with E-state index < -0.39 is 11.9 Å². The van der Waals surface area contributed by atoms with Crippen molar-refractivity contribution in [3.63, 3.8) is 0 Å². The average Bonchev–Trinajstić information content (AvgIpc) is 2.30. The van der Waals surface area contributed by atoms with Gasteiger partial charge in [-0.15, -0.1) is 0 Å². The van der Waals surface area contributed by atoms with E-state index in [4.69, 9.17) is 0 Å². The van der Waals surface area contributed by atoms with Gasteiger partial charge in [0.25, 0.3) is 0 Å². The van der Waals surface area contributed by atoms with E-state index in [0.29, 0.717) is 11.1 Å². The Morgan fingerprint density at radius 1 is 0.917 bits per heavy atom. The summed E-state index contributed by atoms with van der Waals surface area (Å²) in [7, 11) is 0. The van der Waals surface area contributed by atoms with Crippen molar-refractivity contribution in [3.05, 3.63) is 35.4 Å². The number of carbonyl (C=O) groups is 2. The van der Waals surface area contributed by atoms with Crippen LogP contribution in [-0.2, 0) is 4.74 Å². The number of hydrogen-bond donors (Lipinski definition) is 0. The molecule has 1 aromatic rings. The molecule has 4 heteroatoms. The minimum atomic E-state index is -0.550. The molecule has 0 bridgehead atoms. The van der Waals surface area contributed by atoms with Crippen molar-refractivity contribution in [1.82, 2.24) is 0 Å². The molecule has 55 valence electrons. The third-order valence-electron chi connectivity index (χ3n) is 1.55. The van der Waals surface area contributed by atoms with Crippen LogP contribution in [0.3, 0.4) is 0 Å². The first-order chi connectivity index (χ1) is 5.29. The number of ether oxygens (including phenoxy) is 1. The Hall–Kier alpha value is -0.640. The van der Waals surface area contributed by atoms with E-state index >= 15 is 0 Å². The van der Waals surface area contributed by atoms with Crippen molar-refractivity contribution in [2.75, 3.05) is 0 Å². The van der Waals surface area contributed by atoms with Gasteiger partial charge in [0, 0.05) is 29.6 Å². The quantitative estimate of drug-likeness (QED) is 0.326. The molecule has 0 N–H and O–H groups in total. The van der Waals surface area contributed by atoms with Crippen LogP contribution in [0.1, 0.15) is 20.7 Å². The number of cyclic esters (lactones) is 2. The van der Waals surface area contributed by atoms with E-state index in [0.717, 1.165) is 0 Å². The van der Waals surface area contributed by atoms with Crippen molar-refractivity contribution >= 4 is 41.5 Å². The van der Waals surface area contributed by atoms with Crippen molar-refractivity contribution in [3.8, 4) is 0 Å². The van der Waals surface area contributed by atoms with E-state index in [1.807, 2.05) is 0 Å². The van der Waals surface area contributed by atoms with Crippen LogP contribution in [0.2, 0.25) is 0 Å². The maximum Gasteiger partial charge on any atom is 0.346 e. The molecule has 12 heavy (non-hydrogen) atoms. The standard InChI is InChI=1S/C8H4O3.Na/c9-7-5-3-1-2-4-6(5)8(10)11-7;/h1-4H;. The maximum absolute atomic E-state index is 10.8. The average molecular weight is 171 g/mol. The first kappa shape index (κ1) is 9.45. The summed E-state index contributed by atoms with van der Waals surface area (Å²) in [5, 5.41) is 0. The van der Waals surface area contributed by atoms with Gasteiger partial charge in [0.2, 0.25) is 0 Å². The van der Waals surface area contributed by atoms with Crippen molar-refractivity contribution in [1.29, 1.82) is 0 Å². The molecular weight excluding hydrogens is 167 g/mol. The van der Waals surface area contributed by atoms with Crippen LogP contribution in [0.25, 0.3) is 0 Å². The maximum atomic E-state index is 10.8. The molecule has 1 aliphatic rings. The van der Waals surface area contributed by atoms with Crippen molar-refractivity contribution in [2.24, 2.45) is 0 Å². The predicted octanol–water partition coefficient (Wildman–Crippen LogP) is 0.616. The minimum Gasteiger partial charge on any atom is -0.386 e. The third-order valence-corrected chi connectivity index (χ3v) is 1.55. The second kappa shape index (κ2) is 3.39. The zero-order valence-electron chi connectivity index (χ0n) is 6.53. The van der Waals surface area contributed by atoms with Gasteiger partial charge in [-0.3, -0.25) is 0 Å². The van der Waals surface area contributed by atoms with Crippen LogP contribution in [0.4, 0.5) is 0 Å². The van der Waals surface area contributed by atoms with Gasteiger partial charge in [0.1, 0.15) is 0 Å². The van der Waals surface area contributed by atoms with Gasteiger partial charge < -0.3 is 4.74 Å². The van der Waals surface area contributed by atoms with Gasteiger partial charge in [-0.2, -0.15) is 0 Å². The van der Waals surface area contributed by atoms with E-state index in [1.54, 1.807) is 24.3 Å². The fraction of sp³-hybridized carbons (Fsp3) is 0. The Balaban J connectivity index is 0.000000720. The Labute approximate surface area is 91.0 Å². The molecule has 0 aromatic heterocycles. The first-order valence-corrected chi connectivity index (χ1v) is 3.14. The molecule has 0 saturated heterocycles. The number of hydrogen-bond acceptors (Lipinski definition) is 3. The molecule has 1 radical (unpaired) electrons. The topological polar surface area (TPSA) is 43.4 Å². The summed E-state index contributed by atoms with van der Waals surface area (Å²) in [6.45, 7) is 0. The molecule has 2 rings (SSSR count). The SMILES string of the molecule is O=C1OC(=O)c2ccccc21.[Na]. The van der Waals surface area contributed by atoms with Gasteiger partial charge in [-0.25, -0.2) is 9.59 Å². The number of esters is 2. The van der Waals surface area contributed by atoms with Crippen LogP contribution in [0.5, 0.6) is 0 Å². The van der Waals surface area contributed by atoms with Gasteiger partial charge >= 0.3 is 11.9 Å². The summed E-state index contributed by atoms with van der Waals surface area (Å²) in [6.07, 6.45) is 0. The Morgan fingerprint density at radius 3 is 1.75 bits per heavy atom. The summed E-state index contributed by atoms with van der Waals surface area (Å²) < 4.78 is 4.35. The van der Waals surface area contributed by atoms with Crippen LogP contribution < -0.4 is 0 Å². The van der Waals surface area contributed by atoms with Gasteiger partial charge in [-0.1, -0.05) is 12.1 Å². The molecule has 0 amide bonds. The summed E-state index contributed by atoms with van der Waals surface area (Å²) in [6, 6.07) is 6.53. The number of fused-ring (bicyclic) bond motifs is 1. The van der Waals surface area contributed by atoms with Crippen LogP contribution in [0.15, 0.2) is 24.3 Å². The molecule has 3 nitrogen and oxygen atoms in total. The van der Waals surface area contributed by atoms with E-state index in [9.17, 15) is 9.59 Å². The Morgan fingerprint density at radius 2 is 1.33 bits per heavy atom. The Kier molecular flexibility index (Phi) is 2.67. The second-order valence-corrected chi connectivity index (χ2v) is 2.22. The van der Waals surface area contributed by atoms with E-state index in [-0.39, 0.29) is 29.6 Å². The fourth-order valence-electron chi connectivity index (χ4n) is 1.03. The molecule has 0 atom stereocenters. The second-order valence-electron chi connectivity index (χ2n) is 2.22.